The first-order valence-corrected chi connectivity index (χ1v) is 12.2. The number of aromatic nitrogens is 3. The van der Waals surface area contributed by atoms with Crippen molar-refractivity contribution < 1.29 is 31.5 Å². The van der Waals surface area contributed by atoms with Crippen LogP contribution < -0.4 is 11.1 Å². The molecule has 2 aromatic carbocycles. The van der Waals surface area contributed by atoms with Crippen LogP contribution in [0.4, 0.5) is 22.0 Å². The minimum absolute atomic E-state index is 0.0314. The third-order valence-electron chi connectivity index (χ3n) is 6.46. The van der Waals surface area contributed by atoms with Crippen LogP contribution in [-0.4, -0.2) is 50.1 Å². The Labute approximate surface area is 221 Å². The highest BCUT2D eigenvalue weighted by Gasteiger charge is 2.35. The van der Waals surface area contributed by atoms with Gasteiger partial charge in [-0.15, -0.1) is 10.2 Å². The zero-order valence-electron chi connectivity index (χ0n) is 21.0. The summed E-state index contributed by atoms with van der Waals surface area (Å²) in [5, 5.41) is 9.95. The molecule has 39 heavy (non-hydrogen) atoms. The van der Waals surface area contributed by atoms with Gasteiger partial charge in [0, 0.05) is 38.5 Å². The van der Waals surface area contributed by atoms with Crippen LogP contribution in [-0.2, 0) is 41.4 Å². The Balaban J connectivity index is 1.49. The molecule has 0 saturated carbocycles. The topological polar surface area (TPSA) is 106 Å². The highest BCUT2D eigenvalue weighted by atomic mass is 19.3. The number of amides is 2. The van der Waals surface area contributed by atoms with Gasteiger partial charge in [0.2, 0.25) is 17.6 Å². The second-order valence-corrected chi connectivity index (χ2v) is 9.56. The number of benzene rings is 2. The summed E-state index contributed by atoms with van der Waals surface area (Å²) in [4.78, 5) is 27.4. The fourth-order valence-electron chi connectivity index (χ4n) is 4.46. The smallest absolute Gasteiger partial charge is 0.304 e. The van der Waals surface area contributed by atoms with E-state index in [1.165, 1.54) is 9.47 Å². The van der Waals surface area contributed by atoms with E-state index in [1.54, 1.807) is 24.3 Å². The maximum atomic E-state index is 14.4. The number of nitrogens with two attached hydrogens (primary N) is 1. The van der Waals surface area contributed by atoms with E-state index in [2.05, 4.69) is 15.5 Å². The zero-order valence-corrected chi connectivity index (χ0v) is 21.0. The Morgan fingerprint density at radius 2 is 1.72 bits per heavy atom. The van der Waals surface area contributed by atoms with E-state index >= 15 is 0 Å². The number of halogens is 5. The zero-order chi connectivity index (χ0) is 28.3. The summed E-state index contributed by atoms with van der Waals surface area (Å²) in [6.45, 7) is 0.703. The van der Waals surface area contributed by atoms with E-state index in [4.69, 9.17) is 5.73 Å². The number of rotatable bonds is 9. The maximum Gasteiger partial charge on any atom is 0.304 e. The molecule has 0 saturated heterocycles. The average molecular weight is 551 g/mol. The standard InChI is InChI=1S/C26H27F5N6O2/c1-26(30,31)25-35-34-22-14-36(7-8-37(22)25)23(38)12-17(10-16-11-19(28)20(29)13-18(16)27)33-24(39)21(32)9-15-5-3-2-4-6-15/h2-6,11,13,17,21H,7-10,12,14,32H2,1H3,(H,33,39). The van der Waals surface area contributed by atoms with Gasteiger partial charge in [0.05, 0.1) is 12.6 Å². The fourth-order valence-corrected chi connectivity index (χ4v) is 4.46. The molecule has 208 valence electrons. The summed E-state index contributed by atoms with van der Waals surface area (Å²) in [5.74, 6) is -8.33. The molecular weight excluding hydrogens is 523 g/mol. The van der Waals surface area contributed by atoms with Gasteiger partial charge in [0.25, 0.3) is 0 Å². The Kier molecular flexibility index (Phi) is 8.28. The first kappa shape index (κ1) is 28.1. The number of carbonyl (C=O) groups is 2. The van der Waals surface area contributed by atoms with E-state index in [-0.39, 0.29) is 50.3 Å². The fraction of sp³-hybridized carbons (Fsp3) is 0.385. The molecule has 0 bridgehead atoms. The summed E-state index contributed by atoms with van der Waals surface area (Å²) >= 11 is 0. The molecule has 1 aliphatic rings. The predicted molar refractivity (Wildman–Crippen MR) is 130 cm³/mol. The summed E-state index contributed by atoms with van der Waals surface area (Å²) in [6, 6.07) is 8.02. The van der Waals surface area contributed by atoms with E-state index in [0.717, 1.165) is 5.56 Å². The van der Waals surface area contributed by atoms with Crippen molar-refractivity contribution in [3.05, 3.63) is 82.7 Å². The van der Waals surface area contributed by atoms with Crippen molar-refractivity contribution in [2.24, 2.45) is 5.73 Å². The molecule has 1 aromatic heterocycles. The molecule has 2 atom stereocenters. The number of fused-ring (bicyclic) bond motifs is 1. The number of nitrogens with zero attached hydrogens (tertiary/aromatic N) is 4. The molecule has 3 aromatic rings. The van der Waals surface area contributed by atoms with Gasteiger partial charge >= 0.3 is 5.92 Å². The summed E-state index contributed by atoms with van der Waals surface area (Å²) in [6.07, 6.45) is -0.471. The monoisotopic (exact) mass is 550 g/mol. The van der Waals surface area contributed by atoms with Crippen LogP contribution in [0, 0.1) is 17.5 Å². The molecule has 2 unspecified atom stereocenters. The van der Waals surface area contributed by atoms with Crippen LogP contribution >= 0.6 is 0 Å². The van der Waals surface area contributed by atoms with Crippen LogP contribution in [0.1, 0.15) is 36.1 Å². The molecule has 4 rings (SSSR count). The number of alkyl halides is 2. The van der Waals surface area contributed by atoms with Crippen molar-refractivity contribution in [3.8, 4) is 0 Å². The maximum absolute atomic E-state index is 14.4. The molecule has 2 amide bonds. The van der Waals surface area contributed by atoms with Crippen LogP contribution in [0.2, 0.25) is 0 Å². The SMILES string of the molecule is CC(F)(F)c1nnc2n1CCN(C(=O)CC(Cc1cc(F)c(F)cc1F)NC(=O)C(N)Cc1ccccc1)C2. The molecule has 8 nitrogen and oxygen atoms in total. The van der Waals surface area contributed by atoms with E-state index in [9.17, 15) is 31.5 Å². The third-order valence-corrected chi connectivity index (χ3v) is 6.46. The van der Waals surface area contributed by atoms with Gasteiger partial charge in [-0.1, -0.05) is 30.3 Å². The lowest BCUT2D eigenvalue weighted by atomic mass is 10.00. The van der Waals surface area contributed by atoms with Crippen molar-refractivity contribution in [1.82, 2.24) is 25.0 Å². The van der Waals surface area contributed by atoms with Gasteiger partial charge in [-0.3, -0.25) is 9.59 Å². The highest BCUT2D eigenvalue weighted by molar-refractivity contribution is 5.83. The minimum atomic E-state index is -3.21. The summed E-state index contributed by atoms with van der Waals surface area (Å²) < 4.78 is 70.5. The van der Waals surface area contributed by atoms with Gasteiger partial charge in [-0.05, 0) is 30.0 Å². The van der Waals surface area contributed by atoms with Crippen molar-refractivity contribution in [3.63, 3.8) is 0 Å². The Morgan fingerprint density at radius 1 is 1.03 bits per heavy atom. The molecule has 13 heteroatoms. The molecule has 1 aliphatic heterocycles. The summed E-state index contributed by atoms with van der Waals surface area (Å²) in [5.41, 5.74) is 6.62. The number of carbonyl (C=O) groups excluding carboxylic acids is 2. The van der Waals surface area contributed by atoms with Gasteiger partial charge < -0.3 is 20.5 Å². The quantitative estimate of drug-likeness (QED) is 0.315. The summed E-state index contributed by atoms with van der Waals surface area (Å²) in [7, 11) is 0. The Bertz CT molecular complexity index is 1340. The normalized spacial score (nSPS) is 15.0. The van der Waals surface area contributed by atoms with Gasteiger partial charge in [0.15, 0.2) is 17.5 Å². The van der Waals surface area contributed by atoms with Crippen LogP contribution in [0.3, 0.4) is 0 Å². The van der Waals surface area contributed by atoms with Crippen molar-refractivity contribution in [1.29, 1.82) is 0 Å². The van der Waals surface area contributed by atoms with Crippen molar-refractivity contribution >= 4 is 11.8 Å². The first-order chi connectivity index (χ1) is 18.4. The van der Waals surface area contributed by atoms with Crippen molar-refractivity contribution in [2.75, 3.05) is 6.54 Å². The van der Waals surface area contributed by atoms with Crippen LogP contribution in [0.5, 0.6) is 0 Å². The average Bonchev–Trinajstić information content (AvgIpc) is 3.32. The van der Waals surface area contributed by atoms with Gasteiger partial charge in [-0.2, -0.15) is 8.78 Å². The van der Waals surface area contributed by atoms with E-state index in [1.807, 2.05) is 6.07 Å². The number of hydrogen-bond acceptors (Lipinski definition) is 5. The second-order valence-electron chi connectivity index (χ2n) is 9.56. The highest BCUT2D eigenvalue weighted by Crippen LogP contribution is 2.27. The lowest BCUT2D eigenvalue weighted by molar-refractivity contribution is -0.133. The molecule has 0 radical (unpaired) electrons. The molecule has 0 fully saturated rings. The van der Waals surface area contributed by atoms with Crippen LogP contribution in [0.25, 0.3) is 0 Å². The number of nitrogens with one attached hydrogen (secondary N) is 1. The first-order valence-electron chi connectivity index (χ1n) is 12.2. The van der Waals surface area contributed by atoms with Gasteiger partial charge in [0.1, 0.15) is 5.82 Å². The molecule has 2 heterocycles. The molecular formula is C26H27F5N6O2. The van der Waals surface area contributed by atoms with E-state index < -0.39 is 53.1 Å². The Hall–Kier alpha value is -3.87. The third kappa shape index (κ3) is 6.77. The van der Waals surface area contributed by atoms with Gasteiger partial charge in [-0.25, -0.2) is 13.2 Å². The number of hydrogen-bond donors (Lipinski definition) is 2. The van der Waals surface area contributed by atoms with Crippen LogP contribution in [0.15, 0.2) is 42.5 Å². The lowest BCUT2D eigenvalue weighted by Gasteiger charge is -2.30. The second kappa shape index (κ2) is 11.5. The minimum Gasteiger partial charge on any atom is -0.351 e. The predicted octanol–water partition coefficient (Wildman–Crippen LogP) is 2.84. The molecule has 0 aliphatic carbocycles. The largest absolute Gasteiger partial charge is 0.351 e. The molecule has 3 N–H and O–H groups in total. The molecule has 0 spiro atoms. The Morgan fingerprint density at radius 3 is 2.41 bits per heavy atom. The van der Waals surface area contributed by atoms with E-state index in [0.29, 0.717) is 19.1 Å². The lowest BCUT2D eigenvalue weighted by Crippen LogP contribution is -2.49. The van der Waals surface area contributed by atoms with Crippen molar-refractivity contribution in [2.45, 2.75) is 57.3 Å².